The molecule has 0 unspecified atom stereocenters. The number of nitrogens with one attached hydrogen (secondary N) is 1. The van der Waals surface area contributed by atoms with Gasteiger partial charge in [-0.15, -0.1) is 11.3 Å². The van der Waals surface area contributed by atoms with Crippen LogP contribution in [-0.2, 0) is 16.1 Å². The van der Waals surface area contributed by atoms with Crippen LogP contribution in [0.25, 0.3) is 10.2 Å². The Morgan fingerprint density at radius 3 is 2.88 bits per heavy atom. The molecule has 3 rings (SSSR count). The maximum atomic E-state index is 12.4. The zero-order valence-corrected chi connectivity index (χ0v) is 15.3. The molecule has 0 saturated heterocycles. The molecule has 3 aromatic rings. The Morgan fingerprint density at radius 2 is 2.12 bits per heavy atom. The van der Waals surface area contributed by atoms with Gasteiger partial charge in [-0.1, -0.05) is 22.0 Å². The van der Waals surface area contributed by atoms with Crippen LogP contribution in [0.3, 0.4) is 0 Å². The molecule has 0 aliphatic heterocycles. The molecule has 0 saturated carbocycles. The monoisotopic (exact) mass is 406 g/mol. The lowest BCUT2D eigenvalue weighted by Gasteiger charge is -2.10. The number of amides is 1. The lowest BCUT2D eigenvalue weighted by atomic mass is 10.3. The highest BCUT2D eigenvalue weighted by atomic mass is 79.9. The molecular weight excluding hydrogens is 392 g/mol. The molecule has 0 aliphatic carbocycles. The van der Waals surface area contributed by atoms with Gasteiger partial charge in [-0.05, 0) is 42.6 Å². The minimum absolute atomic E-state index is 0.0463. The summed E-state index contributed by atoms with van der Waals surface area (Å²) in [5, 5.41) is 5.70. The van der Waals surface area contributed by atoms with E-state index in [0.29, 0.717) is 18.0 Å². The topological polar surface area (TPSA) is 60.3 Å². The molecule has 1 N–H and O–H groups in total. The van der Waals surface area contributed by atoms with E-state index in [-0.39, 0.29) is 12.5 Å². The second kappa shape index (κ2) is 7.19. The van der Waals surface area contributed by atoms with Crippen LogP contribution in [0, 0.1) is 0 Å². The number of hydrogen-bond acceptors (Lipinski definition) is 4. The van der Waals surface area contributed by atoms with Crippen molar-refractivity contribution < 1.29 is 14.3 Å². The van der Waals surface area contributed by atoms with E-state index in [1.165, 1.54) is 11.3 Å². The standard InChI is InChI=1S/C17H15BrN2O3S/c1-2-23-17(22)14-8-11-6-7-24-16(11)20(14)10-15(21)19-13-5-3-4-12(18)9-13/h3-9H,2,10H2,1H3,(H,19,21). The third-order valence-electron chi connectivity index (χ3n) is 3.40. The van der Waals surface area contributed by atoms with E-state index in [9.17, 15) is 9.59 Å². The quantitative estimate of drug-likeness (QED) is 0.643. The van der Waals surface area contributed by atoms with E-state index >= 15 is 0 Å². The summed E-state index contributed by atoms with van der Waals surface area (Å²) in [6.45, 7) is 2.10. The zero-order valence-electron chi connectivity index (χ0n) is 12.9. The third kappa shape index (κ3) is 3.52. The van der Waals surface area contributed by atoms with Gasteiger partial charge in [0.1, 0.15) is 17.1 Å². The first kappa shape index (κ1) is 16.7. The first-order chi connectivity index (χ1) is 11.6. The summed E-state index contributed by atoms with van der Waals surface area (Å²) in [6.07, 6.45) is 0. The van der Waals surface area contributed by atoms with Gasteiger partial charge in [0.25, 0.3) is 0 Å². The Balaban J connectivity index is 1.85. The predicted octanol–water partition coefficient (Wildman–Crippen LogP) is 4.28. The van der Waals surface area contributed by atoms with Gasteiger partial charge >= 0.3 is 5.97 Å². The second-order valence-electron chi connectivity index (χ2n) is 5.08. The summed E-state index contributed by atoms with van der Waals surface area (Å²) in [4.78, 5) is 25.4. The molecule has 0 bridgehead atoms. The SMILES string of the molecule is CCOC(=O)c1cc2ccsc2n1CC(=O)Nc1cccc(Br)c1. The minimum Gasteiger partial charge on any atom is -0.461 e. The van der Waals surface area contributed by atoms with Crippen molar-refractivity contribution in [3.63, 3.8) is 0 Å². The summed E-state index contributed by atoms with van der Waals surface area (Å²) >= 11 is 4.86. The average molecular weight is 407 g/mol. The van der Waals surface area contributed by atoms with Crippen LogP contribution in [-0.4, -0.2) is 23.1 Å². The van der Waals surface area contributed by atoms with Crippen molar-refractivity contribution >= 4 is 55.0 Å². The van der Waals surface area contributed by atoms with E-state index in [1.54, 1.807) is 17.6 Å². The molecule has 0 fully saturated rings. The number of carbonyl (C=O) groups excluding carboxylic acids is 2. The highest BCUT2D eigenvalue weighted by Gasteiger charge is 2.19. The Bertz CT molecular complexity index is 900. The molecular formula is C17H15BrN2O3S. The fourth-order valence-corrected chi connectivity index (χ4v) is 3.71. The van der Waals surface area contributed by atoms with Crippen LogP contribution in [0.15, 0.2) is 46.3 Å². The molecule has 1 aromatic carbocycles. The van der Waals surface area contributed by atoms with Crippen molar-refractivity contribution in [1.29, 1.82) is 0 Å². The Hall–Kier alpha value is -2.12. The molecule has 5 nitrogen and oxygen atoms in total. The van der Waals surface area contributed by atoms with Gasteiger partial charge in [0.05, 0.1) is 6.61 Å². The molecule has 0 radical (unpaired) electrons. The maximum absolute atomic E-state index is 12.4. The molecule has 24 heavy (non-hydrogen) atoms. The third-order valence-corrected chi connectivity index (χ3v) is 4.84. The van der Waals surface area contributed by atoms with Gasteiger partial charge in [0, 0.05) is 15.5 Å². The molecule has 0 atom stereocenters. The first-order valence-corrected chi connectivity index (χ1v) is 9.05. The maximum Gasteiger partial charge on any atom is 0.355 e. The van der Waals surface area contributed by atoms with Crippen LogP contribution in [0.5, 0.6) is 0 Å². The number of esters is 1. The van der Waals surface area contributed by atoms with Gasteiger partial charge in [-0.3, -0.25) is 4.79 Å². The van der Waals surface area contributed by atoms with Crippen LogP contribution in [0.4, 0.5) is 5.69 Å². The number of carbonyl (C=O) groups is 2. The molecule has 2 heterocycles. The average Bonchev–Trinajstić information content (AvgIpc) is 3.10. The van der Waals surface area contributed by atoms with Crippen molar-refractivity contribution in [2.24, 2.45) is 0 Å². The normalized spacial score (nSPS) is 10.8. The Kier molecular flexibility index (Phi) is 5.01. The lowest BCUT2D eigenvalue weighted by molar-refractivity contribution is -0.116. The number of rotatable bonds is 5. The van der Waals surface area contributed by atoms with Crippen molar-refractivity contribution in [2.45, 2.75) is 13.5 Å². The van der Waals surface area contributed by atoms with E-state index in [4.69, 9.17) is 4.74 Å². The Labute approximate surface area is 151 Å². The van der Waals surface area contributed by atoms with Gasteiger partial charge in [0.2, 0.25) is 5.91 Å². The first-order valence-electron chi connectivity index (χ1n) is 7.37. The van der Waals surface area contributed by atoms with Crippen molar-refractivity contribution in [3.8, 4) is 0 Å². The zero-order chi connectivity index (χ0) is 17.1. The summed E-state index contributed by atoms with van der Waals surface area (Å²) in [7, 11) is 0. The molecule has 7 heteroatoms. The minimum atomic E-state index is -0.420. The van der Waals surface area contributed by atoms with Crippen LogP contribution < -0.4 is 5.32 Å². The number of halogens is 1. The largest absolute Gasteiger partial charge is 0.461 e. The van der Waals surface area contributed by atoms with Crippen LogP contribution in [0.1, 0.15) is 17.4 Å². The Morgan fingerprint density at radius 1 is 1.29 bits per heavy atom. The van der Waals surface area contributed by atoms with E-state index in [1.807, 2.05) is 35.7 Å². The predicted molar refractivity (Wildman–Crippen MR) is 98.5 cm³/mol. The number of fused-ring (bicyclic) bond motifs is 1. The smallest absolute Gasteiger partial charge is 0.355 e. The second-order valence-corrected chi connectivity index (χ2v) is 6.89. The number of nitrogens with zero attached hydrogens (tertiary/aromatic N) is 1. The lowest BCUT2D eigenvalue weighted by Crippen LogP contribution is -2.21. The number of anilines is 1. The van der Waals surface area contributed by atoms with Crippen LogP contribution >= 0.6 is 27.3 Å². The summed E-state index contributed by atoms with van der Waals surface area (Å²) in [5.74, 6) is -0.624. The molecule has 124 valence electrons. The number of benzene rings is 1. The van der Waals surface area contributed by atoms with Gasteiger partial charge < -0.3 is 14.6 Å². The fourth-order valence-electron chi connectivity index (χ4n) is 2.42. The van der Waals surface area contributed by atoms with Gasteiger partial charge in [-0.25, -0.2) is 4.79 Å². The molecule has 0 aliphatic rings. The number of ether oxygens (including phenoxy) is 1. The van der Waals surface area contributed by atoms with Crippen molar-refractivity contribution in [2.75, 3.05) is 11.9 Å². The summed E-state index contributed by atoms with van der Waals surface area (Å²) in [6, 6.07) is 11.0. The number of aromatic nitrogens is 1. The van der Waals surface area contributed by atoms with Gasteiger partial charge in [-0.2, -0.15) is 0 Å². The summed E-state index contributed by atoms with van der Waals surface area (Å²) in [5.41, 5.74) is 1.09. The van der Waals surface area contributed by atoms with E-state index in [0.717, 1.165) is 14.7 Å². The van der Waals surface area contributed by atoms with E-state index in [2.05, 4.69) is 21.2 Å². The molecule has 1 amide bonds. The van der Waals surface area contributed by atoms with Crippen LogP contribution in [0.2, 0.25) is 0 Å². The van der Waals surface area contributed by atoms with Gasteiger partial charge in [0.15, 0.2) is 0 Å². The van der Waals surface area contributed by atoms with Crippen molar-refractivity contribution in [3.05, 3.63) is 51.9 Å². The highest BCUT2D eigenvalue weighted by Crippen LogP contribution is 2.26. The van der Waals surface area contributed by atoms with E-state index < -0.39 is 5.97 Å². The highest BCUT2D eigenvalue weighted by molar-refractivity contribution is 9.10. The van der Waals surface area contributed by atoms with Crippen molar-refractivity contribution in [1.82, 2.24) is 4.57 Å². The fraction of sp³-hybridized carbons (Fsp3) is 0.176. The summed E-state index contributed by atoms with van der Waals surface area (Å²) < 4.78 is 7.67. The molecule has 0 spiro atoms. The number of hydrogen-bond donors (Lipinski definition) is 1. The molecule has 2 aromatic heterocycles. The number of thiophene rings is 1.